The summed E-state index contributed by atoms with van der Waals surface area (Å²) in [7, 11) is 0. The molecule has 1 aliphatic carbocycles. The molecule has 19 heavy (non-hydrogen) atoms. The summed E-state index contributed by atoms with van der Waals surface area (Å²) in [6.07, 6.45) is 2.13. The fourth-order valence-corrected chi connectivity index (χ4v) is 2.31. The van der Waals surface area contributed by atoms with E-state index in [1.165, 1.54) is 5.56 Å². The molecule has 1 fully saturated rings. The standard InChI is InChI=1S/C16H24N2O/c1-4-8-17-11-12-6-5-7-13(9-12)18-15(19)14-10-16(14,2)3/h5-7,9,14,17H,4,8,10-11H2,1-3H3,(H,18,19). The third-order valence-electron chi connectivity index (χ3n) is 3.78. The number of amides is 1. The van der Waals surface area contributed by atoms with E-state index >= 15 is 0 Å². The van der Waals surface area contributed by atoms with Crippen LogP contribution in [0.25, 0.3) is 0 Å². The number of hydrogen-bond acceptors (Lipinski definition) is 2. The number of benzene rings is 1. The average Bonchev–Trinajstić information content (AvgIpc) is 3.00. The molecule has 3 nitrogen and oxygen atoms in total. The molecule has 1 unspecified atom stereocenters. The topological polar surface area (TPSA) is 41.1 Å². The van der Waals surface area contributed by atoms with Crippen LogP contribution in [0.2, 0.25) is 0 Å². The molecule has 0 aliphatic heterocycles. The summed E-state index contributed by atoms with van der Waals surface area (Å²) < 4.78 is 0. The van der Waals surface area contributed by atoms with Gasteiger partial charge in [0.2, 0.25) is 5.91 Å². The minimum Gasteiger partial charge on any atom is -0.326 e. The van der Waals surface area contributed by atoms with E-state index in [2.05, 4.69) is 43.5 Å². The molecule has 0 heterocycles. The van der Waals surface area contributed by atoms with Crippen LogP contribution in [-0.4, -0.2) is 12.5 Å². The van der Waals surface area contributed by atoms with Crippen molar-refractivity contribution in [3.05, 3.63) is 29.8 Å². The van der Waals surface area contributed by atoms with E-state index in [-0.39, 0.29) is 17.2 Å². The number of carbonyl (C=O) groups is 1. The van der Waals surface area contributed by atoms with Crippen LogP contribution >= 0.6 is 0 Å². The highest BCUT2D eigenvalue weighted by molar-refractivity contribution is 5.95. The highest BCUT2D eigenvalue weighted by Crippen LogP contribution is 2.51. The van der Waals surface area contributed by atoms with Crippen LogP contribution in [0, 0.1) is 11.3 Å². The summed E-state index contributed by atoms with van der Waals surface area (Å²) in [5.41, 5.74) is 2.30. The smallest absolute Gasteiger partial charge is 0.228 e. The Morgan fingerprint density at radius 3 is 2.79 bits per heavy atom. The minimum absolute atomic E-state index is 0.156. The van der Waals surface area contributed by atoms with Gasteiger partial charge in [-0.05, 0) is 42.5 Å². The zero-order valence-corrected chi connectivity index (χ0v) is 12.1. The van der Waals surface area contributed by atoms with E-state index in [1.54, 1.807) is 0 Å². The second-order valence-electron chi connectivity index (χ2n) is 6.11. The predicted molar refractivity (Wildman–Crippen MR) is 79.0 cm³/mol. The lowest BCUT2D eigenvalue weighted by atomic mass is 10.1. The Balaban J connectivity index is 1.90. The quantitative estimate of drug-likeness (QED) is 0.771. The van der Waals surface area contributed by atoms with Crippen molar-refractivity contribution in [1.29, 1.82) is 0 Å². The normalized spacial score (nSPS) is 20.1. The number of anilines is 1. The van der Waals surface area contributed by atoms with Crippen LogP contribution in [0.15, 0.2) is 24.3 Å². The summed E-state index contributed by atoms with van der Waals surface area (Å²) in [5.74, 6) is 0.332. The van der Waals surface area contributed by atoms with E-state index in [9.17, 15) is 4.79 Å². The third-order valence-corrected chi connectivity index (χ3v) is 3.78. The maximum absolute atomic E-state index is 12.0. The van der Waals surface area contributed by atoms with E-state index in [0.29, 0.717) is 0 Å². The van der Waals surface area contributed by atoms with Gasteiger partial charge in [0.05, 0.1) is 0 Å². The lowest BCUT2D eigenvalue weighted by molar-refractivity contribution is -0.117. The number of nitrogens with one attached hydrogen (secondary N) is 2. The van der Waals surface area contributed by atoms with E-state index in [0.717, 1.165) is 31.6 Å². The highest BCUT2D eigenvalue weighted by atomic mass is 16.2. The molecule has 1 amide bonds. The van der Waals surface area contributed by atoms with Crippen LogP contribution in [0.1, 0.15) is 39.2 Å². The Bertz CT molecular complexity index is 454. The maximum Gasteiger partial charge on any atom is 0.228 e. The fraction of sp³-hybridized carbons (Fsp3) is 0.562. The molecule has 1 aromatic rings. The Morgan fingerprint density at radius 2 is 2.16 bits per heavy atom. The molecule has 0 bridgehead atoms. The number of rotatable bonds is 6. The van der Waals surface area contributed by atoms with Crippen molar-refractivity contribution in [2.24, 2.45) is 11.3 Å². The predicted octanol–water partition coefficient (Wildman–Crippen LogP) is 3.17. The maximum atomic E-state index is 12.0. The van der Waals surface area contributed by atoms with Gasteiger partial charge < -0.3 is 10.6 Å². The second kappa shape index (κ2) is 5.74. The summed E-state index contributed by atoms with van der Waals surface area (Å²) in [4.78, 5) is 12.0. The average molecular weight is 260 g/mol. The van der Waals surface area contributed by atoms with Crippen molar-refractivity contribution in [1.82, 2.24) is 5.32 Å². The van der Waals surface area contributed by atoms with Gasteiger partial charge in [0.15, 0.2) is 0 Å². The van der Waals surface area contributed by atoms with E-state index < -0.39 is 0 Å². The van der Waals surface area contributed by atoms with E-state index in [1.807, 2.05) is 12.1 Å². The number of carbonyl (C=O) groups excluding carboxylic acids is 1. The van der Waals surface area contributed by atoms with Gasteiger partial charge >= 0.3 is 0 Å². The first kappa shape index (κ1) is 14.1. The van der Waals surface area contributed by atoms with Gasteiger partial charge in [-0.2, -0.15) is 0 Å². The van der Waals surface area contributed by atoms with Crippen molar-refractivity contribution in [3.8, 4) is 0 Å². The number of hydrogen-bond donors (Lipinski definition) is 2. The monoisotopic (exact) mass is 260 g/mol. The first-order valence-corrected chi connectivity index (χ1v) is 7.13. The summed E-state index contributed by atoms with van der Waals surface area (Å²) >= 11 is 0. The second-order valence-corrected chi connectivity index (χ2v) is 6.11. The molecular formula is C16H24N2O. The van der Waals surface area contributed by atoms with Gasteiger partial charge in [-0.1, -0.05) is 32.9 Å². The molecule has 1 saturated carbocycles. The van der Waals surface area contributed by atoms with Crippen molar-refractivity contribution in [3.63, 3.8) is 0 Å². The third kappa shape index (κ3) is 3.80. The van der Waals surface area contributed by atoms with Gasteiger partial charge in [-0.3, -0.25) is 4.79 Å². The van der Waals surface area contributed by atoms with Crippen LogP contribution in [0.5, 0.6) is 0 Å². The highest BCUT2D eigenvalue weighted by Gasteiger charge is 2.50. The molecule has 0 radical (unpaired) electrons. The van der Waals surface area contributed by atoms with Crippen molar-refractivity contribution >= 4 is 11.6 Å². The lowest BCUT2D eigenvalue weighted by Gasteiger charge is -2.09. The molecule has 2 rings (SSSR count). The summed E-state index contributed by atoms with van der Waals surface area (Å²) in [6, 6.07) is 8.09. The van der Waals surface area contributed by atoms with Crippen molar-refractivity contribution in [2.45, 2.75) is 40.2 Å². The molecule has 1 aromatic carbocycles. The van der Waals surface area contributed by atoms with Gasteiger partial charge in [0.25, 0.3) is 0 Å². The first-order valence-electron chi connectivity index (χ1n) is 7.13. The molecular weight excluding hydrogens is 236 g/mol. The summed E-state index contributed by atoms with van der Waals surface area (Å²) in [5, 5.41) is 6.39. The van der Waals surface area contributed by atoms with Crippen molar-refractivity contribution < 1.29 is 4.79 Å². The Morgan fingerprint density at radius 1 is 1.42 bits per heavy atom. The Kier molecular flexibility index (Phi) is 4.25. The van der Waals surface area contributed by atoms with Crippen LogP contribution in [-0.2, 0) is 11.3 Å². The summed E-state index contributed by atoms with van der Waals surface area (Å²) in [6.45, 7) is 8.31. The zero-order chi connectivity index (χ0) is 13.9. The van der Waals surface area contributed by atoms with Gasteiger partial charge in [0, 0.05) is 18.2 Å². The van der Waals surface area contributed by atoms with Gasteiger partial charge in [-0.15, -0.1) is 0 Å². The van der Waals surface area contributed by atoms with E-state index in [4.69, 9.17) is 0 Å². The Labute approximate surface area is 115 Å². The first-order chi connectivity index (χ1) is 9.03. The fourth-order valence-electron chi connectivity index (χ4n) is 2.31. The molecule has 1 atom stereocenters. The van der Waals surface area contributed by atoms with Crippen LogP contribution < -0.4 is 10.6 Å². The molecule has 2 N–H and O–H groups in total. The molecule has 104 valence electrons. The zero-order valence-electron chi connectivity index (χ0n) is 12.1. The molecule has 0 saturated heterocycles. The Hall–Kier alpha value is -1.35. The molecule has 0 aromatic heterocycles. The molecule has 0 spiro atoms. The van der Waals surface area contributed by atoms with Crippen molar-refractivity contribution in [2.75, 3.05) is 11.9 Å². The van der Waals surface area contributed by atoms with Gasteiger partial charge in [-0.25, -0.2) is 0 Å². The SMILES string of the molecule is CCCNCc1cccc(NC(=O)C2CC2(C)C)c1. The lowest BCUT2D eigenvalue weighted by Crippen LogP contribution is -2.17. The largest absolute Gasteiger partial charge is 0.326 e. The van der Waals surface area contributed by atoms with Crippen LogP contribution in [0.3, 0.4) is 0 Å². The molecule has 3 heteroatoms. The minimum atomic E-state index is 0.156. The van der Waals surface area contributed by atoms with Gasteiger partial charge in [0.1, 0.15) is 0 Å². The van der Waals surface area contributed by atoms with Crippen LogP contribution in [0.4, 0.5) is 5.69 Å². The molecule has 1 aliphatic rings.